The van der Waals surface area contributed by atoms with Crippen LogP contribution >= 0.6 is 22.9 Å². The molecule has 0 saturated heterocycles. The van der Waals surface area contributed by atoms with E-state index in [-0.39, 0.29) is 11.2 Å². The van der Waals surface area contributed by atoms with Crippen molar-refractivity contribution < 1.29 is 9.53 Å². The van der Waals surface area contributed by atoms with Gasteiger partial charge in [-0.05, 0) is 24.0 Å². The Balaban J connectivity index is 1.90. The molecule has 0 fully saturated rings. The number of ether oxygens (including phenoxy) is 1. The molecule has 0 spiro atoms. The van der Waals surface area contributed by atoms with E-state index in [0.29, 0.717) is 4.88 Å². The average molecular weight is 323 g/mol. The number of hydrogen-bond donors (Lipinski definition) is 0. The van der Waals surface area contributed by atoms with Crippen molar-refractivity contribution in [2.24, 2.45) is 0 Å². The zero-order chi connectivity index (χ0) is 15.0. The summed E-state index contributed by atoms with van der Waals surface area (Å²) in [5.74, 6) is -0.441. The number of hydrogen-bond acceptors (Lipinski definition) is 5. The summed E-state index contributed by atoms with van der Waals surface area (Å²) < 4.78 is 4.72. The van der Waals surface area contributed by atoms with Crippen molar-refractivity contribution in [3.05, 3.63) is 45.4 Å². The lowest BCUT2D eigenvalue weighted by molar-refractivity contribution is 0.0606. The van der Waals surface area contributed by atoms with Gasteiger partial charge in [0.05, 0.1) is 13.2 Å². The molecule has 0 bridgehead atoms. The van der Waals surface area contributed by atoms with E-state index in [2.05, 4.69) is 34.1 Å². The monoisotopic (exact) mass is 322 g/mol. The minimum atomic E-state index is -0.441. The van der Waals surface area contributed by atoms with Gasteiger partial charge in [0.2, 0.25) is 0 Å². The largest absolute Gasteiger partial charge is 0.465 e. The summed E-state index contributed by atoms with van der Waals surface area (Å²) in [7, 11) is 3.33. The summed E-state index contributed by atoms with van der Waals surface area (Å²) in [6, 6.07) is 8.71. The number of halogens is 1. The van der Waals surface area contributed by atoms with Crippen LogP contribution in [0.3, 0.4) is 0 Å². The van der Waals surface area contributed by atoms with Gasteiger partial charge >= 0.3 is 5.97 Å². The van der Waals surface area contributed by atoms with Crippen molar-refractivity contribution in [3.63, 3.8) is 0 Å². The maximum absolute atomic E-state index is 11.6. The Bertz CT molecular complexity index is 686. The molecule has 21 heavy (non-hydrogen) atoms. The predicted molar refractivity (Wildman–Crippen MR) is 84.4 cm³/mol. The van der Waals surface area contributed by atoms with Crippen molar-refractivity contribution in [2.45, 2.75) is 18.9 Å². The van der Waals surface area contributed by atoms with E-state index in [0.717, 1.165) is 18.0 Å². The lowest BCUT2D eigenvalue weighted by atomic mass is 10.1. The fraction of sp³-hybridized carbons (Fsp3) is 0.333. The quantitative estimate of drug-likeness (QED) is 0.808. The third kappa shape index (κ3) is 2.51. The van der Waals surface area contributed by atoms with Gasteiger partial charge in [-0.15, -0.1) is 0 Å². The molecule has 1 aromatic carbocycles. The molecule has 1 aliphatic rings. The third-order valence-electron chi connectivity index (χ3n) is 3.82. The second kappa shape index (κ2) is 5.66. The van der Waals surface area contributed by atoms with Crippen LogP contribution in [0.25, 0.3) is 0 Å². The van der Waals surface area contributed by atoms with Gasteiger partial charge in [-0.3, -0.25) is 0 Å². The Morgan fingerprint density at radius 1 is 1.48 bits per heavy atom. The predicted octanol–water partition coefficient (Wildman–Crippen LogP) is 3.71. The summed E-state index contributed by atoms with van der Waals surface area (Å²) in [4.78, 5) is 18.4. The highest BCUT2D eigenvalue weighted by atomic mass is 35.5. The molecule has 1 atom stereocenters. The van der Waals surface area contributed by atoms with Gasteiger partial charge in [0, 0.05) is 7.05 Å². The van der Waals surface area contributed by atoms with E-state index >= 15 is 0 Å². The topological polar surface area (TPSA) is 42.4 Å². The Labute approximate surface area is 132 Å². The number of methoxy groups -OCH3 is 1. The van der Waals surface area contributed by atoms with Gasteiger partial charge in [-0.25, -0.2) is 9.78 Å². The summed E-state index contributed by atoms with van der Waals surface area (Å²) in [5, 5.41) is 0.946. The minimum absolute atomic E-state index is 0.208. The Hall–Kier alpha value is -1.59. The average Bonchev–Trinajstić information content (AvgIpc) is 3.09. The van der Waals surface area contributed by atoms with Crippen molar-refractivity contribution in [1.29, 1.82) is 0 Å². The summed E-state index contributed by atoms with van der Waals surface area (Å²) in [6.45, 7) is 0. The zero-order valence-electron chi connectivity index (χ0n) is 11.8. The summed E-state index contributed by atoms with van der Waals surface area (Å²) in [6.07, 6.45) is 2.11. The normalized spacial score (nSPS) is 16.6. The fourth-order valence-corrected chi connectivity index (χ4v) is 3.94. The van der Waals surface area contributed by atoms with Gasteiger partial charge in [0.25, 0.3) is 0 Å². The fourth-order valence-electron chi connectivity index (χ4n) is 2.73. The molecule has 3 rings (SSSR count). The highest BCUT2D eigenvalue weighted by molar-refractivity contribution is 7.18. The summed E-state index contributed by atoms with van der Waals surface area (Å²) in [5.41, 5.74) is 2.70. The first-order valence-corrected chi connectivity index (χ1v) is 7.86. The number of carbonyl (C=O) groups excluding carboxylic acids is 1. The van der Waals surface area contributed by atoms with E-state index < -0.39 is 5.97 Å². The SMILES string of the molecule is COC(=O)c1sc(N(C)C2CCc3ccccc32)nc1Cl. The number of esters is 1. The smallest absolute Gasteiger partial charge is 0.351 e. The van der Waals surface area contributed by atoms with E-state index in [1.165, 1.54) is 29.6 Å². The van der Waals surface area contributed by atoms with Gasteiger partial charge in [-0.1, -0.05) is 47.2 Å². The number of fused-ring (bicyclic) bond motifs is 1. The molecule has 6 heteroatoms. The third-order valence-corrected chi connectivity index (χ3v) is 5.33. The second-order valence-electron chi connectivity index (χ2n) is 4.97. The van der Waals surface area contributed by atoms with Crippen molar-refractivity contribution in [1.82, 2.24) is 4.98 Å². The lowest BCUT2D eigenvalue weighted by Crippen LogP contribution is -2.21. The van der Waals surface area contributed by atoms with Crippen LogP contribution in [-0.2, 0) is 11.2 Å². The maximum atomic E-state index is 11.6. The molecular formula is C15H15ClN2O2S. The number of aryl methyl sites for hydroxylation is 1. The molecule has 0 radical (unpaired) electrons. The van der Waals surface area contributed by atoms with Crippen molar-refractivity contribution in [2.75, 3.05) is 19.1 Å². The minimum Gasteiger partial charge on any atom is -0.465 e. The van der Waals surface area contributed by atoms with E-state index in [1.807, 2.05) is 7.05 Å². The van der Waals surface area contributed by atoms with E-state index in [4.69, 9.17) is 16.3 Å². The second-order valence-corrected chi connectivity index (χ2v) is 6.31. The van der Waals surface area contributed by atoms with Crippen LogP contribution in [0, 0.1) is 0 Å². The molecule has 4 nitrogen and oxygen atoms in total. The van der Waals surface area contributed by atoms with Crippen LogP contribution in [0.5, 0.6) is 0 Å². The van der Waals surface area contributed by atoms with E-state index in [9.17, 15) is 4.79 Å². The first-order chi connectivity index (χ1) is 10.1. The Morgan fingerprint density at radius 3 is 3.00 bits per heavy atom. The number of thiazole rings is 1. The molecule has 1 aromatic heterocycles. The zero-order valence-corrected chi connectivity index (χ0v) is 13.4. The van der Waals surface area contributed by atoms with E-state index in [1.54, 1.807) is 0 Å². The highest BCUT2D eigenvalue weighted by Gasteiger charge is 2.28. The summed E-state index contributed by atoms with van der Waals surface area (Å²) >= 11 is 7.31. The van der Waals surface area contributed by atoms with Gasteiger partial charge in [0.15, 0.2) is 15.2 Å². The van der Waals surface area contributed by atoms with Crippen molar-refractivity contribution >= 4 is 34.0 Å². The number of nitrogens with zero attached hydrogens (tertiary/aromatic N) is 2. The number of benzene rings is 1. The molecule has 110 valence electrons. The molecule has 1 aliphatic carbocycles. The molecule has 1 heterocycles. The van der Waals surface area contributed by atoms with Crippen molar-refractivity contribution in [3.8, 4) is 0 Å². The van der Waals surface area contributed by atoms with Crippen LogP contribution in [0.4, 0.5) is 5.13 Å². The van der Waals surface area contributed by atoms with Crippen LogP contribution < -0.4 is 4.90 Å². The van der Waals surface area contributed by atoms with Crippen LogP contribution in [0.2, 0.25) is 5.15 Å². The number of carbonyl (C=O) groups is 1. The Kier molecular flexibility index (Phi) is 3.87. The molecule has 0 amide bonds. The number of aromatic nitrogens is 1. The molecule has 0 N–H and O–H groups in total. The lowest BCUT2D eigenvalue weighted by Gasteiger charge is -2.24. The molecule has 0 aliphatic heterocycles. The number of anilines is 1. The van der Waals surface area contributed by atoms with Crippen LogP contribution in [0.15, 0.2) is 24.3 Å². The molecule has 1 unspecified atom stereocenters. The van der Waals surface area contributed by atoms with Gasteiger partial charge in [0.1, 0.15) is 0 Å². The molecular weight excluding hydrogens is 308 g/mol. The van der Waals surface area contributed by atoms with Crippen LogP contribution in [-0.4, -0.2) is 25.1 Å². The van der Waals surface area contributed by atoms with Gasteiger partial charge < -0.3 is 9.64 Å². The maximum Gasteiger partial charge on any atom is 0.351 e. The Morgan fingerprint density at radius 2 is 2.24 bits per heavy atom. The first kappa shape index (κ1) is 14.4. The molecule has 0 saturated carbocycles. The van der Waals surface area contributed by atoms with Crippen LogP contribution in [0.1, 0.15) is 33.3 Å². The van der Waals surface area contributed by atoms with Gasteiger partial charge in [-0.2, -0.15) is 0 Å². The molecule has 2 aromatic rings. The highest BCUT2D eigenvalue weighted by Crippen LogP contribution is 2.39. The first-order valence-electron chi connectivity index (χ1n) is 6.67. The standard InChI is InChI=1S/C15H15ClN2O2S/c1-18(11-8-7-9-5-3-4-6-10(9)11)15-17-13(16)12(21-15)14(19)20-2/h3-6,11H,7-8H2,1-2H3. The number of rotatable bonds is 3.